The van der Waals surface area contributed by atoms with Crippen LogP contribution in [0, 0.1) is 0 Å². The standard InChI is InChI=1S/C67H44N2O/c1-6-23-45(24-7-1)54-41-56-50-33-16-19-37-58(50)67(60(56)43-63(54)68(47-27-10-3-11-28-47)48-29-12-4-13-30-48)59-38-20-17-34-51(59)57-42-55(46-25-8-2-9-26-46)64(44-61(57)67)69(49-31-14-5-15-32-49)62-39-22-36-53-52-35-18-21-40-65(52)70-66(53)62/h1-44H. The Morgan fingerprint density at radius 1 is 0.271 bits per heavy atom. The molecule has 3 heteroatoms. The fourth-order valence-corrected chi connectivity index (χ4v) is 11.7. The minimum absolute atomic E-state index is 0.682. The van der Waals surface area contributed by atoms with Gasteiger partial charge in [0.15, 0.2) is 5.58 Å². The van der Waals surface area contributed by atoms with Crippen LogP contribution in [0.4, 0.5) is 34.1 Å². The molecule has 0 bridgehead atoms. The summed E-state index contributed by atoms with van der Waals surface area (Å²) in [5.74, 6) is 0. The van der Waals surface area contributed by atoms with E-state index in [4.69, 9.17) is 4.42 Å². The predicted octanol–water partition coefficient (Wildman–Crippen LogP) is 18.2. The van der Waals surface area contributed by atoms with Crippen LogP contribution in [0.3, 0.4) is 0 Å². The molecule has 328 valence electrons. The van der Waals surface area contributed by atoms with E-state index in [9.17, 15) is 0 Å². The van der Waals surface area contributed by atoms with Gasteiger partial charge in [-0.2, -0.15) is 0 Å². The second-order valence-corrected chi connectivity index (χ2v) is 18.3. The molecule has 0 saturated heterocycles. The van der Waals surface area contributed by atoms with Crippen molar-refractivity contribution in [3.8, 4) is 44.5 Å². The first-order valence-corrected chi connectivity index (χ1v) is 24.1. The summed E-state index contributed by atoms with van der Waals surface area (Å²) < 4.78 is 6.89. The van der Waals surface area contributed by atoms with Gasteiger partial charge in [-0.3, -0.25) is 0 Å². The van der Waals surface area contributed by atoms with Crippen LogP contribution in [-0.2, 0) is 5.41 Å². The van der Waals surface area contributed by atoms with Crippen LogP contribution in [0.2, 0.25) is 0 Å². The van der Waals surface area contributed by atoms with E-state index < -0.39 is 5.41 Å². The second kappa shape index (κ2) is 16.0. The van der Waals surface area contributed by atoms with E-state index in [1.54, 1.807) is 0 Å². The molecule has 1 unspecified atom stereocenters. The smallest absolute Gasteiger partial charge is 0.159 e. The fraction of sp³-hybridized carbons (Fsp3) is 0.0149. The zero-order valence-corrected chi connectivity index (χ0v) is 38.2. The molecule has 2 aliphatic rings. The SMILES string of the molecule is c1ccc(-c2cc3c(cc2N(c2ccccc2)c2ccccc2)C2(c4ccccc4-3)c3ccccc3-c3cc(-c4ccccc4)c(N(c4ccccc4)c4cccc5c4oc4ccccc45)cc32)cc1. The van der Waals surface area contributed by atoms with Crippen molar-refractivity contribution in [2.75, 3.05) is 9.80 Å². The third-order valence-corrected chi connectivity index (χ3v) is 14.6. The van der Waals surface area contributed by atoms with Crippen LogP contribution in [0.1, 0.15) is 22.3 Å². The molecular weight excluding hydrogens is 849 g/mol. The van der Waals surface area contributed by atoms with Gasteiger partial charge in [-0.15, -0.1) is 0 Å². The molecule has 0 N–H and O–H groups in total. The summed E-state index contributed by atoms with van der Waals surface area (Å²) in [4.78, 5) is 4.87. The summed E-state index contributed by atoms with van der Waals surface area (Å²) in [5, 5.41) is 2.19. The van der Waals surface area contributed by atoms with Crippen LogP contribution in [0.15, 0.2) is 271 Å². The van der Waals surface area contributed by atoms with Crippen LogP contribution >= 0.6 is 0 Å². The summed E-state index contributed by atoms with van der Waals surface area (Å²) in [7, 11) is 0. The lowest BCUT2D eigenvalue weighted by Crippen LogP contribution is -2.27. The van der Waals surface area contributed by atoms with E-state index in [1.165, 1.54) is 50.1 Å². The monoisotopic (exact) mass is 892 g/mol. The van der Waals surface area contributed by atoms with Crippen LogP contribution in [0.25, 0.3) is 66.4 Å². The van der Waals surface area contributed by atoms with Gasteiger partial charge in [0.2, 0.25) is 0 Å². The number of furan rings is 1. The van der Waals surface area contributed by atoms with Crippen molar-refractivity contribution in [2.24, 2.45) is 0 Å². The maximum absolute atomic E-state index is 6.89. The lowest BCUT2D eigenvalue weighted by Gasteiger charge is -2.34. The lowest BCUT2D eigenvalue weighted by molar-refractivity contribution is 0.669. The molecule has 1 heterocycles. The van der Waals surface area contributed by atoms with Crippen LogP contribution in [0.5, 0.6) is 0 Å². The number of benzene rings is 11. The predicted molar refractivity (Wildman–Crippen MR) is 290 cm³/mol. The molecule has 0 amide bonds. The molecule has 11 aromatic carbocycles. The van der Waals surface area contributed by atoms with Gasteiger partial charge in [0.25, 0.3) is 0 Å². The van der Waals surface area contributed by atoms with Crippen molar-refractivity contribution in [3.63, 3.8) is 0 Å². The molecule has 3 nitrogen and oxygen atoms in total. The highest BCUT2D eigenvalue weighted by Crippen LogP contribution is 2.65. The Labute approximate surface area is 407 Å². The maximum atomic E-state index is 6.89. The number of fused-ring (bicyclic) bond motifs is 13. The molecule has 0 saturated carbocycles. The fourth-order valence-electron chi connectivity index (χ4n) is 11.7. The van der Waals surface area contributed by atoms with Crippen molar-refractivity contribution in [3.05, 3.63) is 289 Å². The topological polar surface area (TPSA) is 19.6 Å². The number of para-hydroxylation sites is 5. The van der Waals surface area contributed by atoms with Crippen LogP contribution < -0.4 is 9.80 Å². The van der Waals surface area contributed by atoms with Gasteiger partial charge < -0.3 is 14.2 Å². The van der Waals surface area contributed by atoms with E-state index in [0.717, 1.165) is 72.8 Å². The Kier molecular flexibility index (Phi) is 9.11. The highest BCUT2D eigenvalue weighted by Gasteiger charge is 2.53. The van der Waals surface area contributed by atoms with Gasteiger partial charge in [0, 0.05) is 39.0 Å². The molecule has 0 radical (unpaired) electrons. The Balaban J connectivity index is 1.12. The van der Waals surface area contributed by atoms with E-state index in [0.29, 0.717) is 0 Å². The summed E-state index contributed by atoms with van der Waals surface area (Å²) in [6, 6.07) is 97.4. The number of anilines is 6. The average Bonchev–Trinajstić information content (AvgIpc) is 4.06. The molecular formula is C67H44N2O. The molecule has 1 spiro atoms. The second-order valence-electron chi connectivity index (χ2n) is 18.3. The minimum Gasteiger partial charge on any atom is -0.454 e. The summed E-state index contributed by atoms with van der Waals surface area (Å²) in [5.41, 5.74) is 22.0. The van der Waals surface area contributed by atoms with Gasteiger partial charge in [-0.1, -0.05) is 194 Å². The van der Waals surface area contributed by atoms with Crippen molar-refractivity contribution >= 4 is 56.1 Å². The normalized spacial score (nSPS) is 14.1. The highest BCUT2D eigenvalue weighted by molar-refractivity contribution is 6.11. The Morgan fingerprint density at radius 3 is 1.21 bits per heavy atom. The van der Waals surface area contributed by atoms with E-state index >= 15 is 0 Å². The third kappa shape index (κ3) is 5.95. The molecule has 2 aliphatic carbocycles. The van der Waals surface area contributed by atoms with Gasteiger partial charge in [0.05, 0.1) is 22.5 Å². The molecule has 12 aromatic rings. The lowest BCUT2D eigenvalue weighted by atomic mass is 9.70. The largest absolute Gasteiger partial charge is 0.454 e. The molecule has 70 heavy (non-hydrogen) atoms. The quantitative estimate of drug-likeness (QED) is 0.152. The first-order chi connectivity index (χ1) is 34.8. The zero-order chi connectivity index (χ0) is 46.2. The molecule has 0 fully saturated rings. The van der Waals surface area contributed by atoms with Gasteiger partial charge in [0.1, 0.15) is 5.58 Å². The van der Waals surface area contributed by atoms with Gasteiger partial charge >= 0.3 is 0 Å². The highest BCUT2D eigenvalue weighted by atomic mass is 16.3. The molecule has 14 rings (SSSR count). The van der Waals surface area contributed by atoms with Gasteiger partial charge in [-0.25, -0.2) is 0 Å². The Morgan fingerprint density at radius 2 is 0.686 bits per heavy atom. The van der Waals surface area contributed by atoms with Crippen molar-refractivity contribution < 1.29 is 4.42 Å². The van der Waals surface area contributed by atoms with E-state index in [1.807, 2.05) is 0 Å². The molecule has 1 aromatic heterocycles. The Hall–Kier alpha value is -9.18. The number of nitrogens with zero attached hydrogens (tertiary/aromatic N) is 2. The number of hydrogen-bond acceptors (Lipinski definition) is 3. The molecule has 1 atom stereocenters. The average molecular weight is 893 g/mol. The maximum Gasteiger partial charge on any atom is 0.159 e. The third-order valence-electron chi connectivity index (χ3n) is 14.6. The number of rotatable bonds is 8. The first-order valence-electron chi connectivity index (χ1n) is 24.1. The first kappa shape index (κ1) is 39.9. The number of hydrogen-bond donors (Lipinski definition) is 0. The Bertz CT molecular complexity index is 3890. The van der Waals surface area contributed by atoms with Gasteiger partial charge in [-0.05, 0) is 128 Å². The summed E-state index contributed by atoms with van der Waals surface area (Å²) in [6.45, 7) is 0. The summed E-state index contributed by atoms with van der Waals surface area (Å²) >= 11 is 0. The van der Waals surface area contributed by atoms with E-state index in [2.05, 4.69) is 277 Å². The minimum atomic E-state index is -0.682. The van der Waals surface area contributed by atoms with E-state index in [-0.39, 0.29) is 0 Å². The van der Waals surface area contributed by atoms with Crippen molar-refractivity contribution in [2.45, 2.75) is 5.41 Å². The van der Waals surface area contributed by atoms with Crippen molar-refractivity contribution in [1.82, 2.24) is 0 Å². The van der Waals surface area contributed by atoms with Crippen molar-refractivity contribution in [1.29, 1.82) is 0 Å². The zero-order valence-electron chi connectivity index (χ0n) is 38.2. The molecule has 0 aliphatic heterocycles. The van der Waals surface area contributed by atoms with Crippen LogP contribution in [-0.4, -0.2) is 0 Å². The summed E-state index contributed by atoms with van der Waals surface area (Å²) in [6.07, 6.45) is 0.